The molecule has 0 bridgehead atoms. The molecule has 3 nitrogen and oxygen atoms in total. The first-order valence-electron chi connectivity index (χ1n) is 3.88. The van der Waals surface area contributed by atoms with E-state index in [1.807, 2.05) is 0 Å². The zero-order chi connectivity index (χ0) is 8.27. The van der Waals surface area contributed by atoms with Gasteiger partial charge in [-0.2, -0.15) is 0 Å². The Kier molecular flexibility index (Phi) is 2.63. The van der Waals surface area contributed by atoms with Crippen molar-refractivity contribution in [2.75, 3.05) is 6.61 Å². The van der Waals surface area contributed by atoms with Crippen LogP contribution in [0.2, 0.25) is 0 Å². The van der Waals surface area contributed by atoms with Crippen LogP contribution in [0.4, 0.5) is 0 Å². The van der Waals surface area contributed by atoms with Crippen LogP contribution in [0.1, 0.15) is 26.2 Å². The average molecular weight is 156 g/mol. The van der Waals surface area contributed by atoms with Crippen LogP contribution in [0, 0.1) is 5.92 Å². The molecule has 0 spiro atoms. The van der Waals surface area contributed by atoms with Crippen LogP contribution in [0.15, 0.2) is 0 Å². The van der Waals surface area contributed by atoms with Gasteiger partial charge in [-0.3, -0.25) is 4.79 Å². The van der Waals surface area contributed by atoms with Crippen LogP contribution in [-0.2, 0) is 14.3 Å². The largest absolute Gasteiger partial charge is 0.460 e. The fraction of sp³-hybridized carbons (Fsp3) is 0.750. The minimum atomic E-state index is -0.703. The number of esters is 1. The summed E-state index contributed by atoms with van der Waals surface area (Å²) in [6.45, 7) is 1.63. The van der Waals surface area contributed by atoms with Gasteiger partial charge in [0, 0.05) is 6.92 Å². The van der Waals surface area contributed by atoms with Crippen LogP contribution in [0.25, 0.3) is 0 Å². The van der Waals surface area contributed by atoms with Crippen molar-refractivity contribution in [1.29, 1.82) is 0 Å². The Labute approximate surface area is 65.7 Å². The highest BCUT2D eigenvalue weighted by Crippen LogP contribution is 2.31. The molecule has 1 fully saturated rings. The predicted molar refractivity (Wildman–Crippen MR) is 39.0 cm³/mol. The van der Waals surface area contributed by atoms with Crippen molar-refractivity contribution in [1.82, 2.24) is 0 Å². The van der Waals surface area contributed by atoms with E-state index in [0.717, 1.165) is 12.3 Å². The fourth-order valence-corrected chi connectivity index (χ4v) is 0.826. The van der Waals surface area contributed by atoms with E-state index in [1.54, 1.807) is 0 Å². The van der Waals surface area contributed by atoms with E-state index >= 15 is 0 Å². The Hall–Kier alpha value is -0.860. The third kappa shape index (κ3) is 3.16. The molecule has 0 heterocycles. The molecule has 1 rings (SSSR count). The number of hydrogen-bond acceptors (Lipinski definition) is 3. The zero-order valence-electron chi connectivity index (χ0n) is 6.63. The Morgan fingerprint density at radius 3 is 2.55 bits per heavy atom. The highest BCUT2D eigenvalue weighted by molar-refractivity contribution is 6.32. The number of hydrogen-bond donors (Lipinski definition) is 0. The van der Waals surface area contributed by atoms with E-state index in [0.29, 0.717) is 6.61 Å². The van der Waals surface area contributed by atoms with Crippen molar-refractivity contribution in [3.05, 3.63) is 0 Å². The van der Waals surface area contributed by atoms with Crippen LogP contribution in [0.3, 0.4) is 0 Å². The normalized spacial score (nSPS) is 16.1. The Morgan fingerprint density at radius 2 is 2.09 bits per heavy atom. The Bertz CT molecular complexity index is 170. The van der Waals surface area contributed by atoms with Crippen LogP contribution in [0.5, 0.6) is 0 Å². The maximum absolute atomic E-state index is 10.6. The highest BCUT2D eigenvalue weighted by Gasteiger charge is 2.21. The highest BCUT2D eigenvalue weighted by atomic mass is 16.5. The first-order valence-corrected chi connectivity index (χ1v) is 3.88. The summed E-state index contributed by atoms with van der Waals surface area (Å²) in [5.41, 5.74) is 0. The van der Waals surface area contributed by atoms with Gasteiger partial charge in [-0.25, -0.2) is 4.79 Å². The van der Waals surface area contributed by atoms with Gasteiger partial charge in [0.15, 0.2) is 0 Å². The molecule has 1 aliphatic carbocycles. The number of carbonyl (C=O) groups excluding carboxylic acids is 2. The van der Waals surface area contributed by atoms with Gasteiger partial charge in [-0.15, -0.1) is 0 Å². The van der Waals surface area contributed by atoms with Crippen molar-refractivity contribution in [2.24, 2.45) is 5.92 Å². The van der Waals surface area contributed by atoms with Crippen molar-refractivity contribution in [2.45, 2.75) is 26.2 Å². The monoisotopic (exact) mass is 156 g/mol. The molecule has 0 saturated heterocycles. The smallest absolute Gasteiger partial charge is 0.374 e. The molecule has 0 amide bonds. The minimum Gasteiger partial charge on any atom is -0.460 e. The van der Waals surface area contributed by atoms with Crippen LogP contribution >= 0.6 is 0 Å². The summed E-state index contributed by atoms with van der Waals surface area (Å²) in [5, 5.41) is 0. The van der Waals surface area contributed by atoms with Gasteiger partial charge in [0.25, 0.3) is 0 Å². The number of ketones is 1. The second-order valence-electron chi connectivity index (χ2n) is 2.92. The molecule has 0 radical (unpaired) electrons. The lowest BCUT2D eigenvalue weighted by Gasteiger charge is -1.99. The van der Waals surface area contributed by atoms with E-state index in [2.05, 4.69) is 4.74 Å². The summed E-state index contributed by atoms with van der Waals surface area (Å²) in [6, 6.07) is 0. The molecule has 11 heavy (non-hydrogen) atoms. The SMILES string of the molecule is CC(=O)C(=O)OCCC1CC1. The Morgan fingerprint density at radius 1 is 1.45 bits per heavy atom. The minimum absolute atomic E-state index is 0.406. The summed E-state index contributed by atoms with van der Waals surface area (Å²) in [6.07, 6.45) is 3.41. The van der Waals surface area contributed by atoms with Gasteiger partial charge in [-0.1, -0.05) is 12.8 Å². The van der Waals surface area contributed by atoms with Gasteiger partial charge in [0.2, 0.25) is 5.78 Å². The third-order valence-corrected chi connectivity index (χ3v) is 1.74. The molecular formula is C8H12O3. The van der Waals surface area contributed by atoms with Gasteiger partial charge < -0.3 is 4.74 Å². The second-order valence-corrected chi connectivity index (χ2v) is 2.92. The lowest BCUT2D eigenvalue weighted by Crippen LogP contribution is -2.14. The van der Waals surface area contributed by atoms with E-state index in [9.17, 15) is 9.59 Å². The molecule has 0 unspecified atom stereocenters. The number of rotatable bonds is 4. The lowest BCUT2D eigenvalue weighted by atomic mass is 10.3. The molecule has 62 valence electrons. The number of carbonyl (C=O) groups is 2. The van der Waals surface area contributed by atoms with E-state index in [4.69, 9.17) is 0 Å². The standard InChI is InChI=1S/C8H12O3/c1-6(9)8(10)11-5-4-7-2-3-7/h7H,2-5H2,1H3. The third-order valence-electron chi connectivity index (χ3n) is 1.74. The Balaban J connectivity index is 2.01. The second kappa shape index (κ2) is 3.51. The first kappa shape index (κ1) is 8.24. The summed E-state index contributed by atoms with van der Waals surface area (Å²) < 4.78 is 4.67. The summed E-state index contributed by atoms with van der Waals surface area (Å²) >= 11 is 0. The quantitative estimate of drug-likeness (QED) is 0.449. The van der Waals surface area contributed by atoms with Gasteiger partial charge in [0.05, 0.1) is 6.61 Å². The van der Waals surface area contributed by atoms with Gasteiger partial charge >= 0.3 is 5.97 Å². The van der Waals surface area contributed by atoms with E-state index in [1.165, 1.54) is 19.8 Å². The molecule has 3 heteroatoms. The first-order chi connectivity index (χ1) is 5.20. The van der Waals surface area contributed by atoms with Gasteiger partial charge in [0.1, 0.15) is 0 Å². The molecule has 0 N–H and O–H groups in total. The van der Waals surface area contributed by atoms with E-state index < -0.39 is 11.8 Å². The zero-order valence-corrected chi connectivity index (χ0v) is 6.63. The van der Waals surface area contributed by atoms with Crippen molar-refractivity contribution in [3.63, 3.8) is 0 Å². The van der Waals surface area contributed by atoms with Crippen molar-refractivity contribution in [3.8, 4) is 0 Å². The summed E-state index contributed by atoms with van der Waals surface area (Å²) in [5.74, 6) is -0.471. The molecule has 1 aliphatic rings. The van der Waals surface area contributed by atoms with Gasteiger partial charge in [-0.05, 0) is 12.3 Å². The molecule has 0 aromatic heterocycles. The topological polar surface area (TPSA) is 43.4 Å². The lowest BCUT2D eigenvalue weighted by molar-refractivity contribution is -0.153. The predicted octanol–water partition coefficient (Wildman–Crippen LogP) is 0.919. The molecular weight excluding hydrogens is 144 g/mol. The maximum Gasteiger partial charge on any atom is 0.374 e. The summed E-state index contributed by atoms with van der Waals surface area (Å²) in [4.78, 5) is 20.9. The number of ether oxygens (including phenoxy) is 1. The fourth-order valence-electron chi connectivity index (χ4n) is 0.826. The molecule has 0 aliphatic heterocycles. The van der Waals surface area contributed by atoms with Crippen LogP contribution in [-0.4, -0.2) is 18.4 Å². The molecule has 0 aromatic rings. The molecule has 0 atom stereocenters. The van der Waals surface area contributed by atoms with Crippen molar-refractivity contribution >= 4 is 11.8 Å². The van der Waals surface area contributed by atoms with Crippen LogP contribution < -0.4 is 0 Å². The summed E-state index contributed by atoms with van der Waals surface area (Å²) in [7, 11) is 0. The van der Waals surface area contributed by atoms with Crippen molar-refractivity contribution < 1.29 is 14.3 Å². The van der Waals surface area contributed by atoms with E-state index in [-0.39, 0.29) is 0 Å². The number of Topliss-reactive ketones (excluding diaryl/α,β-unsaturated/α-hetero) is 1. The molecule has 1 saturated carbocycles. The molecule has 0 aromatic carbocycles. The maximum atomic E-state index is 10.6. The average Bonchev–Trinajstić information content (AvgIpc) is 2.71.